The van der Waals surface area contributed by atoms with Crippen molar-refractivity contribution in [2.75, 3.05) is 13.2 Å². The molecule has 1 atom stereocenters. The van der Waals surface area contributed by atoms with Gasteiger partial charge in [-0.1, -0.05) is 297 Å². The average Bonchev–Trinajstić information content (AvgIpc) is 3.46. The van der Waals surface area contributed by atoms with Gasteiger partial charge in [0.15, 0.2) is 6.10 Å². The van der Waals surface area contributed by atoms with Gasteiger partial charge in [0.05, 0.1) is 0 Å². The zero-order valence-electron chi connectivity index (χ0n) is 53.3. The first kappa shape index (κ1) is 77.1. The second-order valence-electron chi connectivity index (χ2n) is 22.7. The Bertz CT molecular complexity index is 1620. The molecule has 6 nitrogen and oxygen atoms in total. The fourth-order valence-electron chi connectivity index (χ4n) is 9.60. The van der Waals surface area contributed by atoms with Gasteiger partial charge < -0.3 is 14.2 Å². The number of carbonyl (C=O) groups is 3. The van der Waals surface area contributed by atoms with Crippen molar-refractivity contribution in [1.82, 2.24) is 0 Å². The Morgan fingerprint density at radius 3 is 0.802 bits per heavy atom. The van der Waals surface area contributed by atoms with E-state index >= 15 is 0 Å². The summed E-state index contributed by atoms with van der Waals surface area (Å²) in [5.41, 5.74) is 0. The molecule has 0 saturated heterocycles. The number of carbonyl (C=O) groups excluding carboxylic acids is 3. The summed E-state index contributed by atoms with van der Waals surface area (Å²) in [6.45, 7) is 6.46. The normalized spacial score (nSPS) is 12.8. The first-order valence-corrected chi connectivity index (χ1v) is 34.4. The van der Waals surface area contributed by atoms with E-state index in [9.17, 15) is 14.4 Å². The molecule has 0 aliphatic rings. The molecule has 0 saturated carbocycles. The number of ether oxygens (including phenoxy) is 3. The van der Waals surface area contributed by atoms with Crippen LogP contribution in [0.3, 0.4) is 0 Å². The van der Waals surface area contributed by atoms with E-state index in [4.69, 9.17) is 14.2 Å². The van der Waals surface area contributed by atoms with Gasteiger partial charge in [0.2, 0.25) is 0 Å². The quantitative estimate of drug-likeness (QED) is 0.0261. The van der Waals surface area contributed by atoms with Gasteiger partial charge in [0.1, 0.15) is 13.2 Å². The molecule has 0 aliphatic heterocycles. The number of rotatable bonds is 62. The molecule has 0 heterocycles. The largest absolute Gasteiger partial charge is 0.462 e. The monoisotopic (exact) mass is 1120 g/mol. The number of esters is 3. The smallest absolute Gasteiger partial charge is 0.306 e. The molecule has 1 unspecified atom stereocenters. The third kappa shape index (κ3) is 66.8. The van der Waals surface area contributed by atoms with E-state index in [-0.39, 0.29) is 31.1 Å². The van der Waals surface area contributed by atoms with Crippen molar-refractivity contribution in [3.8, 4) is 0 Å². The molecule has 0 fully saturated rings. The van der Waals surface area contributed by atoms with Crippen molar-refractivity contribution in [3.63, 3.8) is 0 Å². The van der Waals surface area contributed by atoms with Crippen LogP contribution in [0.4, 0.5) is 0 Å². The lowest BCUT2D eigenvalue weighted by atomic mass is 10.0. The minimum Gasteiger partial charge on any atom is -0.462 e. The highest BCUT2D eigenvalue weighted by Crippen LogP contribution is 2.17. The topological polar surface area (TPSA) is 78.9 Å². The van der Waals surface area contributed by atoms with Crippen LogP contribution in [0.2, 0.25) is 0 Å². The maximum atomic E-state index is 12.9. The van der Waals surface area contributed by atoms with Crippen LogP contribution in [-0.4, -0.2) is 37.2 Å². The number of hydrogen-bond acceptors (Lipinski definition) is 6. The van der Waals surface area contributed by atoms with Crippen molar-refractivity contribution in [2.24, 2.45) is 0 Å². The molecule has 0 aromatic carbocycles. The minimum atomic E-state index is -0.791. The summed E-state index contributed by atoms with van der Waals surface area (Å²) >= 11 is 0. The van der Waals surface area contributed by atoms with E-state index in [2.05, 4.69) is 130 Å². The highest BCUT2D eigenvalue weighted by atomic mass is 16.6. The number of allylic oxidation sites excluding steroid dienone is 18. The summed E-state index contributed by atoms with van der Waals surface area (Å²) in [5.74, 6) is -0.897. The Hall–Kier alpha value is -3.93. The lowest BCUT2D eigenvalue weighted by Crippen LogP contribution is -2.30. The minimum absolute atomic E-state index is 0.0853. The zero-order chi connectivity index (χ0) is 58.5. The SMILES string of the molecule is CC/C=C\C/C=C\C/C=C\C/C=C\CCCCCCCCCCCCCCCCC(=O)OCC(COC(=O)CCCCCCC/C=C\C/C=C\CCC)OC(=O)CCCCCCCCCC/C=C\C/C=C\C/C=C\CCCCCCC. The van der Waals surface area contributed by atoms with Crippen LogP contribution in [0.5, 0.6) is 0 Å². The highest BCUT2D eigenvalue weighted by molar-refractivity contribution is 5.71. The maximum absolute atomic E-state index is 12.9. The predicted octanol–water partition coefficient (Wildman–Crippen LogP) is 23.8. The van der Waals surface area contributed by atoms with Gasteiger partial charge in [0, 0.05) is 19.3 Å². The molecule has 0 rings (SSSR count). The molecule has 0 aliphatic carbocycles. The van der Waals surface area contributed by atoms with Crippen LogP contribution < -0.4 is 0 Å². The molecular formula is C75H128O6. The Morgan fingerprint density at radius 2 is 0.506 bits per heavy atom. The van der Waals surface area contributed by atoms with Crippen LogP contribution >= 0.6 is 0 Å². The summed E-state index contributed by atoms with van der Waals surface area (Å²) in [4.78, 5) is 38.4. The van der Waals surface area contributed by atoms with Crippen molar-refractivity contribution in [1.29, 1.82) is 0 Å². The second kappa shape index (κ2) is 68.6. The molecule has 0 radical (unpaired) electrons. The number of unbranched alkanes of at least 4 members (excludes halogenated alkanes) is 33. The molecule has 6 heteroatoms. The first-order chi connectivity index (χ1) is 40.0. The third-order valence-electron chi connectivity index (χ3n) is 14.7. The molecule has 0 aromatic rings. The van der Waals surface area contributed by atoms with E-state index in [0.717, 1.165) is 135 Å². The maximum Gasteiger partial charge on any atom is 0.306 e. The predicted molar refractivity (Wildman–Crippen MR) is 353 cm³/mol. The van der Waals surface area contributed by atoms with Crippen molar-refractivity contribution < 1.29 is 28.6 Å². The van der Waals surface area contributed by atoms with Crippen LogP contribution in [0.1, 0.15) is 329 Å². The molecular weight excluding hydrogens is 997 g/mol. The van der Waals surface area contributed by atoms with E-state index in [1.54, 1.807) is 0 Å². The Morgan fingerprint density at radius 1 is 0.259 bits per heavy atom. The average molecular weight is 1130 g/mol. The molecule has 0 N–H and O–H groups in total. The van der Waals surface area contributed by atoms with Crippen LogP contribution in [0, 0.1) is 0 Å². The van der Waals surface area contributed by atoms with Gasteiger partial charge in [-0.05, 0) is 122 Å². The molecule has 464 valence electrons. The van der Waals surface area contributed by atoms with Gasteiger partial charge >= 0.3 is 17.9 Å². The molecule has 0 aromatic heterocycles. The summed E-state index contributed by atoms with van der Waals surface area (Å²) in [5, 5.41) is 0. The fraction of sp³-hybridized carbons (Fsp3) is 0.720. The van der Waals surface area contributed by atoms with Crippen LogP contribution in [0.15, 0.2) is 109 Å². The van der Waals surface area contributed by atoms with E-state index in [1.807, 2.05) is 0 Å². The highest BCUT2D eigenvalue weighted by Gasteiger charge is 2.19. The standard InChI is InChI=1S/C75H128O6/c1-4-7-10-13-16-19-22-25-27-29-31-33-35-36-37-38-40-41-43-45-47-50-53-56-59-62-65-68-74(77)80-71-72(70-79-73(76)67-64-61-58-55-52-49-24-21-18-15-12-9-6-3)81-75(78)69-66-63-60-57-54-51-48-46-44-42-39-34-32-30-28-26-23-20-17-14-11-8-5-2/h7,10,12,15-16,19,21,23-27,30-33,39,42,72H,4-6,8-9,11,13-14,17-18,20,22,28-29,34-38,40-41,43-71H2,1-3H3/b10-7-,15-12-,19-16-,24-21-,26-23-,27-25-,32-30-,33-31-,42-39-. The Labute approximate surface area is 501 Å². The molecule has 0 spiro atoms. The summed E-state index contributed by atoms with van der Waals surface area (Å²) < 4.78 is 17.0. The lowest BCUT2D eigenvalue weighted by Gasteiger charge is -2.18. The molecule has 0 bridgehead atoms. The van der Waals surface area contributed by atoms with E-state index < -0.39 is 6.10 Å². The lowest BCUT2D eigenvalue weighted by molar-refractivity contribution is -0.167. The van der Waals surface area contributed by atoms with E-state index in [1.165, 1.54) is 154 Å². The van der Waals surface area contributed by atoms with Gasteiger partial charge in [-0.25, -0.2) is 0 Å². The molecule has 0 amide bonds. The van der Waals surface area contributed by atoms with Gasteiger partial charge in [0.25, 0.3) is 0 Å². The summed E-state index contributed by atoms with van der Waals surface area (Å²) in [6.07, 6.45) is 93.9. The number of hydrogen-bond donors (Lipinski definition) is 0. The van der Waals surface area contributed by atoms with Gasteiger partial charge in [-0.3, -0.25) is 14.4 Å². The summed E-state index contributed by atoms with van der Waals surface area (Å²) in [6, 6.07) is 0. The Kier molecular flexibility index (Phi) is 65.2. The zero-order valence-corrected chi connectivity index (χ0v) is 53.3. The van der Waals surface area contributed by atoms with E-state index in [0.29, 0.717) is 19.3 Å². The van der Waals surface area contributed by atoms with Crippen LogP contribution in [0.25, 0.3) is 0 Å². The van der Waals surface area contributed by atoms with Gasteiger partial charge in [-0.2, -0.15) is 0 Å². The van der Waals surface area contributed by atoms with Crippen LogP contribution in [-0.2, 0) is 28.6 Å². The van der Waals surface area contributed by atoms with Crippen molar-refractivity contribution in [3.05, 3.63) is 109 Å². The second-order valence-corrected chi connectivity index (χ2v) is 22.7. The van der Waals surface area contributed by atoms with Crippen molar-refractivity contribution in [2.45, 2.75) is 335 Å². The summed E-state index contributed by atoms with van der Waals surface area (Å²) in [7, 11) is 0. The third-order valence-corrected chi connectivity index (χ3v) is 14.7. The first-order valence-electron chi connectivity index (χ1n) is 34.4. The Balaban J connectivity index is 4.30. The fourth-order valence-corrected chi connectivity index (χ4v) is 9.60. The van der Waals surface area contributed by atoms with Gasteiger partial charge in [-0.15, -0.1) is 0 Å². The van der Waals surface area contributed by atoms with Crippen molar-refractivity contribution >= 4 is 17.9 Å². The molecule has 81 heavy (non-hydrogen) atoms.